The van der Waals surface area contributed by atoms with Gasteiger partial charge in [-0.3, -0.25) is 4.90 Å². The van der Waals surface area contributed by atoms with Crippen molar-refractivity contribution in [1.82, 2.24) is 4.90 Å². The zero-order valence-electron chi connectivity index (χ0n) is 18.9. The van der Waals surface area contributed by atoms with Crippen molar-refractivity contribution in [2.45, 2.75) is 38.1 Å². The number of likely N-dealkylation sites (tertiary alicyclic amines) is 1. The van der Waals surface area contributed by atoms with Gasteiger partial charge in [0, 0.05) is 6.54 Å². The van der Waals surface area contributed by atoms with E-state index in [4.69, 9.17) is 20.6 Å². The molecule has 4 rings (SSSR count). The van der Waals surface area contributed by atoms with E-state index >= 15 is 0 Å². The first-order valence-electron chi connectivity index (χ1n) is 11.4. The highest BCUT2D eigenvalue weighted by atomic mass is 16.5. The van der Waals surface area contributed by atoms with Gasteiger partial charge in [0.1, 0.15) is 6.10 Å². The van der Waals surface area contributed by atoms with Crippen molar-refractivity contribution in [2.75, 3.05) is 19.7 Å². The van der Waals surface area contributed by atoms with Crippen LogP contribution in [0, 0.1) is 12.3 Å². The molecule has 0 aromatic heterocycles. The first-order chi connectivity index (χ1) is 16.3. The predicted molar refractivity (Wildman–Crippen MR) is 130 cm³/mol. The first kappa shape index (κ1) is 23.2. The minimum Gasteiger partial charge on any atom is -0.375 e. The van der Waals surface area contributed by atoms with Gasteiger partial charge in [0.2, 0.25) is 0 Å². The van der Waals surface area contributed by atoms with Crippen molar-refractivity contribution >= 4 is 0 Å². The third-order valence-corrected chi connectivity index (χ3v) is 5.92. The lowest BCUT2D eigenvalue weighted by molar-refractivity contribution is -0.0814. The Morgan fingerprint density at radius 3 is 1.79 bits per heavy atom. The fraction of sp³-hybridized carbons (Fsp3) is 0.310. The van der Waals surface area contributed by atoms with Gasteiger partial charge in [-0.15, -0.1) is 6.42 Å². The number of hydrogen-bond acceptors (Lipinski definition) is 4. The van der Waals surface area contributed by atoms with Gasteiger partial charge in [-0.2, -0.15) is 0 Å². The predicted octanol–water partition coefficient (Wildman–Crippen LogP) is 4.69. The Morgan fingerprint density at radius 2 is 1.24 bits per heavy atom. The minimum absolute atomic E-state index is 0.0225. The summed E-state index contributed by atoms with van der Waals surface area (Å²) in [4.78, 5) is 2.25. The maximum atomic E-state index is 6.47. The molecule has 3 aromatic rings. The minimum atomic E-state index is -0.141. The molecule has 0 aliphatic carbocycles. The number of rotatable bonds is 11. The summed E-state index contributed by atoms with van der Waals surface area (Å²) in [7, 11) is 0. The highest BCUT2D eigenvalue weighted by Gasteiger charge is 2.43. The van der Waals surface area contributed by atoms with E-state index in [0.29, 0.717) is 33.0 Å². The zero-order chi connectivity index (χ0) is 22.7. The maximum absolute atomic E-state index is 6.47. The van der Waals surface area contributed by atoms with Crippen molar-refractivity contribution in [1.29, 1.82) is 0 Å². The second-order valence-corrected chi connectivity index (χ2v) is 8.30. The van der Waals surface area contributed by atoms with Crippen molar-refractivity contribution in [2.24, 2.45) is 0 Å². The van der Waals surface area contributed by atoms with Crippen LogP contribution < -0.4 is 0 Å². The van der Waals surface area contributed by atoms with Crippen LogP contribution in [0.2, 0.25) is 0 Å². The number of ether oxygens (including phenoxy) is 3. The van der Waals surface area contributed by atoms with Crippen molar-refractivity contribution in [3.05, 3.63) is 108 Å². The van der Waals surface area contributed by atoms with Crippen LogP contribution in [0.3, 0.4) is 0 Å². The Kier molecular flexibility index (Phi) is 8.69. The third kappa shape index (κ3) is 6.77. The number of terminal acetylenes is 1. The molecule has 0 N–H and O–H groups in total. The van der Waals surface area contributed by atoms with Crippen molar-refractivity contribution in [3.63, 3.8) is 0 Å². The molecule has 0 unspecified atom stereocenters. The zero-order valence-corrected chi connectivity index (χ0v) is 18.9. The van der Waals surface area contributed by atoms with Gasteiger partial charge >= 0.3 is 0 Å². The van der Waals surface area contributed by atoms with Crippen LogP contribution in [0.1, 0.15) is 16.7 Å². The lowest BCUT2D eigenvalue weighted by atomic mass is 10.1. The van der Waals surface area contributed by atoms with Gasteiger partial charge in [-0.05, 0) is 16.7 Å². The Labute approximate surface area is 197 Å². The maximum Gasteiger partial charge on any atom is 0.103 e. The molecule has 1 fully saturated rings. The quantitative estimate of drug-likeness (QED) is 0.404. The molecule has 0 spiro atoms. The van der Waals surface area contributed by atoms with Gasteiger partial charge in [0.25, 0.3) is 0 Å². The van der Waals surface area contributed by atoms with Crippen molar-refractivity contribution in [3.8, 4) is 12.3 Å². The summed E-state index contributed by atoms with van der Waals surface area (Å²) in [5.74, 6) is 2.80. The Balaban J connectivity index is 1.45. The largest absolute Gasteiger partial charge is 0.375 e. The Bertz CT molecular complexity index is 988. The standard InChI is InChI=1S/C29H31NO3/c1-2-18-30-19-28(32-21-25-14-8-4-9-15-25)29(33-22-26-16-10-5-11-17-26)27(30)23-31-20-24-12-6-3-7-13-24/h1,3-17,27-29H,18-23H2/t27-,28-,29+/m0/s1. The Hall–Kier alpha value is -2.94. The molecule has 4 nitrogen and oxygen atoms in total. The summed E-state index contributed by atoms with van der Waals surface area (Å²) in [6.45, 7) is 3.41. The third-order valence-electron chi connectivity index (χ3n) is 5.92. The van der Waals surface area contributed by atoms with Crippen LogP contribution in [0.5, 0.6) is 0 Å². The van der Waals surface area contributed by atoms with Gasteiger partial charge in [-0.25, -0.2) is 0 Å². The summed E-state index contributed by atoms with van der Waals surface area (Å²) < 4.78 is 19.0. The van der Waals surface area contributed by atoms with Crippen LogP contribution in [-0.2, 0) is 34.0 Å². The molecule has 3 atom stereocenters. The van der Waals surface area contributed by atoms with E-state index < -0.39 is 0 Å². The molecule has 1 saturated heterocycles. The molecule has 0 radical (unpaired) electrons. The molecule has 1 aliphatic rings. The molecule has 1 aliphatic heterocycles. The molecule has 0 bridgehead atoms. The monoisotopic (exact) mass is 441 g/mol. The summed E-state index contributed by atoms with van der Waals surface area (Å²) in [5.41, 5.74) is 3.43. The summed E-state index contributed by atoms with van der Waals surface area (Å²) in [6, 6.07) is 30.7. The molecule has 3 aromatic carbocycles. The fourth-order valence-electron chi connectivity index (χ4n) is 4.21. The lowest BCUT2D eigenvalue weighted by Gasteiger charge is -2.27. The van der Waals surface area contributed by atoms with Crippen LogP contribution in [0.15, 0.2) is 91.0 Å². The summed E-state index contributed by atoms with van der Waals surface area (Å²) >= 11 is 0. The fourth-order valence-corrected chi connectivity index (χ4v) is 4.21. The smallest absolute Gasteiger partial charge is 0.103 e. The van der Waals surface area contributed by atoms with E-state index in [1.807, 2.05) is 54.6 Å². The van der Waals surface area contributed by atoms with E-state index in [0.717, 1.165) is 23.2 Å². The van der Waals surface area contributed by atoms with Crippen LogP contribution in [0.25, 0.3) is 0 Å². The van der Waals surface area contributed by atoms with Crippen LogP contribution in [0.4, 0.5) is 0 Å². The van der Waals surface area contributed by atoms with Gasteiger partial charge in [-0.1, -0.05) is 96.9 Å². The second kappa shape index (κ2) is 12.3. The average Bonchev–Trinajstić information content (AvgIpc) is 3.19. The summed E-state index contributed by atoms with van der Waals surface area (Å²) in [6.07, 6.45) is 5.47. The molecule has 1 heterocycles. The normalized spacial score (nSPS) is 20.5. The van der Waals surface area contributed by atoms with E-state index in [1.54, 1.807) is 0 Å². The molecule has 170 valence electrons. The van der Waals surface area contributed by atoms with E-state index in [2.05, 4.69) is 47.2 Å². The number of nitrogens with zero attached hydrogens (tertiary/aromatic N) is 1. The highest BCUT2D eigenvalue weighted by Crippen LogP contribution is 2.26. The second-order valence-electron chi connectivity index (χ2n) is 8.30. The molecule has 4 heteroatoms. The van der Waals surface area contributed by atoms with Gasteiger partial charge < -0.3 is 14.2 Å². The highest BCUT2D eigenvalue weighted by molar-refractivity contribution is 5.15. The molecule has 0 amide bonds. The number of benzene rings is 3. The lowest BCUT2D eigenvalue weighted by Crippen LogP contribution is -2.42. The summed E-state index contributed by atoms with van der Waals surface area (Å²) in [5, 5.41) is 0. The number of hydrogen-bond donors (Lipinski definition) is 0. The van der Waals surface area contributed by atoms with Crippen LogP contribution in [-0.4, -0.2) is 42.8 Å². The topological polar surface area (TPSA) is 30.9 Å². The van der Waals surface area contributed by atoms with E-state index in [9.17, 15) is 0 Å². The van der Waals surface area contributed by atoms with Crippen molar-refractivity contribution < 1.29 is 14.2 Å². The van der Waals surface area contributed by atoms with E-state index in [1.165, 1.54) is 0 Å². The average molecular weight is 442 g/mol. The first-order valence-corrected chi connectivity index (χ1v) is 11.4. The molecule has 0 saturated carbocycles. The molecular weight excluding hydrogens is 410 g/mol. The Morgan fingerprint density at radius 1 is 0.727 bits per heavy atom. The molecular formula is C29H31NO3. The SMILES string of the molecule is C#CCN1C[C@H](OCc2ccccc2)[C@H](OCc2ccccc2)[C@@H]1COCc1ccccc1. The van der Waals surface area contributed by atoms with E-state index in [-0.39, 0.29) is 18.2 Å². The molecule has 33 heavy (non-hydrogen) atoms. The van der Waals surface area contributed by atoms with Crippen LogP contribution >= 0.6 is 0 Å². The van der Waals surface area contributed by atoms with Gasteiger partial charge in [0.05, 0.1) is 45.1 Å². The van der Waals surface area contributed by atoms with Gasteiger partial charge in [0.15, 0.2) is 0 Å².